The summed E-state index contributed by atoms with van der Waals surface area (Å²) in [7, 11) is 0. The van der Waals surface area contributed by atoms with Gasteiger partial charge >= 0.3 is 12.0 Å². The van der Waals surface area contributed by atoms with Crippen molar-refractivity contribution < 1.29 is 27.9 Å². The number of anilines is 1. The average molecular weight is 411 g/mol. The van der Waals surface area contributed by atoms with Crippen molar-refractivity contribution in [3.8, 4) is 0 Å². The summed E-state index contributed by atoms with van der Waals surface area (Å²) in [6, 6.07) is 1.14. The average Bonchev–Trinajstić information content (AvgIpc) is 2.68. The highest BCUT2D eigenvalue weighted by Crippen LogP contribution is 2.20. The summed E-state index contributed by atoms with van der Waals surface area (Å²) in [5, 5.41) is 4.84. The van der Waals surface area contributed by atoms with E-state index < -0.39 is 23.7 Å². The van der Waals surface area contributed by atoms with E-state index in [1.165, 1.54) is 0 Å². The van der Waals surface area contributed by atoms with E-state index in [9.17, 15) is 23.2 Å². The number of carbonyl (C=O) groups is 3. The van der Waals surface area contributed by atoms with Crippen LogP contribution in [-0.4, -0.2) is 48.5 Å². The van der Waals surface area contributed by atoms with Crippen molar-refractivity contribution in [1.82, 2.24) is 10.2 Å². The van der Waals surface area contributed by atoms with Crippen LogP contribution in [0.1, 0.15) is 33.6 Å². The Bertz CT molecular complexity index is 757. The molecule has 1 aromatic carbocycles. The number of rotatable bonds is 6. The fraction of sp³-hybridized carbons (Fsp3) is 0.550. The number of likely N-dealkylation sites (tertiary alicyclic amines) is 1. The lowest BCUT2D eigenvalue weighted by molar-refractivity contribution is -0.151. The molecule has 7 nitrogen and oxygen atoms in total. The topological polar surface area (TPSA) is 87.7 Å². The van der Waals surface area contributed by atoms with Gasteiger partial charge in [0, 0.05) is 19.2 Å². The van der Waals surface area contributed by atoms with Crippen LogP contribution in [-0.2, 0) is 14.3 Å². The Kier molecular flexibility index (Phi) is 7.92. The van der Waals surface area contributed by atoms with E-state index in [0.29, 0.717) is 25.5 Å². The van der Waals surface area contributed by atoms with Gasteiger partial charge in [0.05, 0.1) is 18.2 Å². The molecule has 1 saturated heterocycles. The van der Waals surface area contributed by atoms with Gasteiger partial charge in [-0.1, -0.05) is 13.8 Å². The molecule has 160 valence electrons. The summed E-state index contributed by atoms with van der Waals surface area (Å²) in [5.74, 6) is -2.95. The highest BCUT2D eigenvalue weighted by Gasteiger charge is 2.34. The first kappa shape index (κ1) is 22.6. The zero-order chi connectivity index (χ0) is 21.6. The molecular formula is C20H27F2N3O4. The van der Waals surface area contributed by atoms with Gasteiger partial charge in [-0.3, -0.25) is 9.59 Å². The van der Waals surface area contributed by atoms with E-state index >= 15 is 0 Å². The molecule has 1 fully saturated rings. The minimum absolute atomic E-state index is 0.195. The number of esters is 1. The quantitative estimate of drug-likeness (QED) is 0.705. The van der Waals surface area contributed by atoms with Gasteiger partial charge < -0.3 is 20.3 Å². The lowest BCUT2D eigenvalue weighted by Crippen LogP contribution is -2.54. The summed E-state index contributed by atoms with van der Waals surface area (Å²) in [4.78, 5) is 38.8. The minimum atomic E-state index is -0.916. The molecule has 1 aliphatic rings. The maximum absolute atomic E-state index is 13.7. The van der Waals surface area contributed by atoms with Crippen molar-refractivity contribution in [1.29, 1.82) is 0 Å². The molecule has 2 N–H and O–H groups in total. The fourth-order valence-corrected chi connectivity index (χ4v) is 3.23. The minimum Gasteiger partial charge on any atom is -0.466 e. The molecule has 29 heavy (non-hydrogen) atoms. The van der Waals surface area contributed by atoms with Crippen LogP contribution in [0.25, 0.3) is 0 Å². The normalized spacial score (nSPS) is 17.6. The second-order valence-corrected chi connectivity index (χ2v) is 7.32. The molecule has 0 saturated carbocycles. The maximum atomic E-state index is 13.7. The molecule has 2 rings (SSSR count). The van der Waals surface area contributed by atoms with Crippen molar-refractivity contribution in [2.45, 2.75) is 39.7 Å². The van der Waals surface area contributed by atoms with Crippen molar-refractivity contribution in [2.24, 2.45) is 11.8 Å². The third kappa shape index (κ3) is 6.13. The van der Waals surface area contributed by atoms with E-state index in [0.717, 1.165) is 12.1 Å². The van der Waals surface area contributed by atoms with Gasteiger partial charge in [0.2, 0.25) is 5.91 Å². The van der Waals surface area contributed by atoms with Crippen LogP contribution in [0.15, 0.2) is 18.2 Å². The molecule has 0 bridgehead atoms. The molecule has 2 unspecified atom stereocenters. The number of ether oxygens (including phenoxy) is 1. The number of halogens is 2. The van der Waals surface area contributed by atoms with Gasteiger partial charge in [0.1, 0.15) is 17.7 Å². The van der Waals surface area contributed by atoms with Crippen molar-refractivity contribution >= 4 is 23.6 Å². The second-order valence-electron chi connectivity index (χ2n) is 7.32. The molecule has 0 spiro atoms. The number of nitrogens with one attached hydrogen (secondary N) is 2. The Labute approximate surface area is 168 Å². The van der Waals surface area contributed by atoms with Gasteiger partial charge in [0.25, 0.3) is 0 Å². The van der Waals surface area contributed by atoms with Crippen LogP contribution >= 0.6 is 0 Å². The summed E-state index contributed by atoms with van der Waals surface area (Å²) in [6.07, 6.45) is 1.31. The molecule has 9 heteroatoms. The van der Waals surface area contributed by atoms with Crippen molar-refractivity contribution in [3.63, 3.8) is 0 Å². The first-order valence-corrected chi connectivity index (χ1v) is 9.70. The molecule has 1 aromatic rings. The summed E-state index contributed by atoms with van der Waals surface area (Å²) in [5.41, 5.74) is -0.195. The first-order chi connectivity index (χ1) is 13.7. The molecule has 2 atom stereocenters. The molecule has 1 aliphatic heterocycles. The summed E-state index contributed by atoms with van der Waals surface area (Å²) >= 11 is 0. The van der Waals surface area contributed by atoms with Gasteiger partial charge in [0.15, 0.2) is 0 Å². The summed E-state index contributed by atoms with van der Waals surface area (Å²) in [6.45, 7) is 6.26. The van der Waals surface area contributed by atoms with Crippen LogP contribution < -0.4 is 10.6 Å². The standard InChI is InChI=1S/C20H27F2N3O4/c1-4-29-19(27)13-6-5-9-25(11-13)18(26)17(12(2)3)24-20(28)23-16-8-7-14(21)10-15(16)22/h7-8,10,12-13,17H,4-6,9,11H2,1-3H3,(H2,23,24,28). The monoisotopic (exact) mass is 411 g/mol. The molecule has 3 amide bonds. The van der Waals surface area contributed by atoms with Gasteiger partial charge in [-0.15, -0.1) is 0 Å². The lowest BCUT2D eigenvalue weighted by atomic mass is 9.95. The largest absolute Gasteiger partial charge is 0.466 e. The van der Waals surface area contributed by atoms with Crippen molar-refractivity contribution in [3.05, 3.63) is 29.8 Å². The number of piperidine rings is 1. The Morgan fingerprint density at radius 2 is 2.00 bits per heavy atom. The van der Waals surface area contributed by atoms with E-state index in [1.54, 1.807) is 25.7 Å². The molecular weight excluding hydrogens is 384 g/mol. The van der Waals surface area contributed by atoms with Gasteiger partial charge in [-0.05, 0) is 37.8 Å². The second kappa shape index (κ2) is 10.2. The Morgan fingerprint density at radius 3 is 2.62 bits per heavy atom. The molecule has 1 heterocycles. The zero-order valence-corrected chi connectivity index (χ0v) is 16.8. The highest BCUT2D eigenvalue weighted by molar-refractivity contribution is 5.94. The van der Waals surface area contributed by atoms with Crippen LogP contribution in [0.4, 0.5) is 19.3 Å². The van der Waals surface area contributed by atoms with E-state index in [-0.39, 0.29) is 42.6 Å². The number of hydrogen-bond donors (Lipinski definition) is 2. The Morgan fingerprint density at radius 1 is 1.28 bits per heavy atom. The van der Waals surface area contributed by atoms with Crippen LogP contribution in [0.5, 0.6) is 0 Å². The Hall–Kier alpha value is -2.71. The number of amides is 3. The number of hydrogen-bond acceptors (Lipinski definition) is 4. The van der Waals surface area contributed by atoms with Crippen molar-refractivity contribution in [2.75, 3.05) is 25.0 Å². The third-order valence-corrected chi connectivity index (χ3v) is 4.75. The summed E-state index contributed by atoms with van der Waals surface area (Å²) < 4.78 is 31.8. The molecule has 0 aliphatic carbocycles. The number of urea groups is 1. The van der Waals surface area contributed by atoms with E-state index in [2.05, 4.69) is 10.6 Å². The first-order valence-electron chi connectivity index (χ1n) is 9.70. The number of carbonyl (C=O) groups excluding carboxylic acids is 3. The van der Waals surface area contributed by atoms with E-state index in [4.69, 9.17) is 4.74 Å². The van der Waals surface area contributed by atoms with Gasteiger partial charge in [-0.25, -0.2) is 13.6 Å². The highest BCUT2D eigenvalue weighted by atomic mass is 19.1. The Balaban J connectivity index is 2.03. The zero-order valence-electron chi connectivity index (χ0n) is 16.8. The van der Waals surface area contributed by atoms with Crippen LogP contribution in [0.2, 0.25) is 0 Å². The number of benzene rings is 1. The molecule has 0 radical (unpaired) electrons. The predicted molar refractivity (Wildman–Crippen MR) is 103 cm³/mol. The molecule has 0 aromatic heterocycles. The lowest BCUT2D eigenvalue weighted by Gasteiger charge is -2.35. The smallest absolute Gasteiger partial charge is 0.319 e. The fourth-order valence-electron chi connectivity index (χ4n) is 3.23. The maximum Gasteiger partial charge on any atom is 0.319 e. The van der Waals surface area contributed by atoms with Crippen LogP contribution in [0, 0.1) is 23.5 Å². The third-order valence-electron chi connectivity index (χ3n) is 4.75. The van der Waals surface area contributed by atoms with Gasteiger partial charge in [-0.2, -0.15) is 0 Å². The van der Waals surface area contributed by atoms with Crippen LogP contribution in [0.3, 0.4) is 0 Å². The number of nitrogens with zero attached hydrogens (tertiary/aromatic N) is 1. The SMILES string of the molecule is CCOC(=O)C1CCCN(C(=O)C(NC(=O)Nc2ccc(F)cc2F)C(C)C)C1. The predicted octanol–water partition coefficient (Wildman–Crippen LogP) is 2.91. The van der Waals surface area contributed by atoms with E-state index in [1.807, 2.05) is 0 Å².